The van der Waals surface area contributed by atoms with E-state index in [1.54, 1.807) is 43.5 Å². The van der Waals surface area contributed by atoms with Crippen LogP contribution in [0.1, 0.15) is 24.0 Å². The van der Waals surface area contributed by atoms with Crippen molar-refractivity contribution < 1.29 is 27.1 Å². The van der Waals surface area contributed by atoms with Crippen LogP contribution in [-0.2, 0) is 23.1 Å². The minimum atomic E-state index is -3.34. The lowest BCUT2D eigenvalue weighted by Gasteiger charge is -2.38. The Bertz CT molecular complexity index is 1680. The van der Waals surface area contributed by atoms with Crippen LogP contribution in [0, 0.1) is 5.82 Å². The zero-order chi connectivity index (χ0) is 31.8. The summed E-state index contributed by atoms with van der Waals surface area (Å²) in [6.07, 6.45) is 2.73. The van der Waals surface area contributed by atoms with Gasteiger partial charge in [0.05, 0.1) is 13.4 Å². The summed E-state index contributed by atoms with van der Waals surface area (Å²) < 4.78 is 50.0. The number of hydrogen-bond acceptors (Lipinski definition) is 6. The van der Waals surface area contributed by atoms with E-state index >= 15 is 0 Å². The Morgan fingerprint density at radius 2 is 1.49 bits per heavy atom. The predicted octanol–water partition coefficient (Wildman–Crippen LogP) is 6.70. The van der Waals surface area contributed by atoms with E-state index in [4.69, 9.17) is 9.47 Å². The average Bonchev–Trinajstić information content (AvgIpc) is 3.03. The fourth-order valence-corrected chi connectivity index (χ4v) is 5.88. The Labute approximate surface area is 263 Å². The number of sulfonamides is 1. The fraction of sp³-hybridized carbons (Fsp3) is 0.265. The van der Waals surface area contributed by atoms with Gasteiger partial charge in [0.15, 0.2) is 0 Å². The topological polar surface area (TPSA) is 100 Å². The van der Waals surface area contributed by atoms with E-state index in [1.807, 2.05) is 53.4 Å². The van der Waals surface area contributed by atoms with Gasteiger partial charge in [-0.3, -0.25) is 9.62 Å². The lowest BCUT2D eigenvalue weighted by atomic mass is 10.0. The van der Waals surface area contributed by atoms with Crippen LogP contribution in [-0.4, -0.2) is 56.7 Å². The summed E-state index contributed by atoms with van der Waals surface area (Å²) in [4.78, 5) is 17.7. The second kappa shape index (κ2) is 14.4. The van der Waals surface area contributed by atoms with Crippen molar-refractivity contribution in [3.8, 4) is 17.2 Å². The normalized spacial score (nSPS) is 14.0. The summed E-state index contributed by atoms with van der Waals surface area (Å²) in [7, 11) is -1.71. The largest absolute Gasteiger partial charge is 0.497 e. The molecular weight excluding hydrogens is 595 g/mol. The third kappa shape index (κ3) is 9.44. The third-order valence-electron chi connectivity index (χ3n) is 7.56. The van der Waals surface area contributed by atoms with Gasteiger partial charge in [-0.05, 0) is 96.8 Å². The molecule has 5 rings (SSSR count). The van der Waals surface area contributed by atoms with Crippen molar-refractivity contribution in [3.05, 3.63) is 114 Å². The van der Waals surface area contributed by atoms with Crippen molar-refractivity contribution in [2.75, 3.05) is 36.5 Å². The summed E-state index contributed by atoms with van der Waals surface area (Å²) in [6.45, 7) is 2.86. The minimum Gasteiger partial charge on any atom is -0.497 e. The molecule has 4 aromatic rings. The van der Waals surface area contributed by atoms with Crippen molar-refractivity contribution in [1.29, 1.82) is 0 Å². The number of benzene rings is 4. The second-order valence-corrected chi connectivity index (χ2v) is 12.8. The van der Waals surface area contributed by atoms with Gasteiger partial charge in [-0.15, -0.1) is 0 Å². The van der Waals surface area contributed by atoms with Crippen molar-refractivity contribution in [2.24, 2.45) is 0 Å². The third-order valence-corrected chi connectivity index (χ3v) is 8.17. The van der Waals surface area contributed by atoms with E-state index in [2.05, 4.69) is 14.9 Å². The number of carbonyl (C=O) groups excluding carboxylic acids is 1. The molecule has 0 saturated carbocycles. The molecule has 0 atom stereocenters. The molecule has 9 nitrogen and oxygen atoms in total. The van der Waals surface area contributed by atoms with E-state index in [0.717, 1.165) is 55.6 Å². The van der Waals surface area contributed by atoms with Gasteiger partial charge in [0.1, 0.15) is 23.1 Å². The summed E-state index contributed by atoms with van der Waals surface area (Å²) in [5.41, 5.74) is 3.13. The van der Waals surface area contributed by atoms with Gasteiger partial charge in [-0.2, -0.15) is 0 Å². The van der Waals surface area contributed by atoms with Crippen LogP contribution in [0.4, 0.5) is 20.6 Å². The van der Waals surface area contributed by atoms with Crippen LogP contribution in [0.25, 0.3) is 0 Å². The van der Waals surface area contributed by atoms with Crippen LogP contribution in [0.2, 0.25) is 0 Å². The second-order valence-electron chi connectivity index (χ2n) is 11.1. The maximum atomic E-state index is 13.5. The van der Waals surface area contributed by atoms with E-state index in [0.29, 0.717) is 29.4 Å². The number of amides is 2. The van der Waals surface area contributed by atoms with Gasteiger partial charge in [0.2, 0.25) is 10.0 Å². The van der Waals surface area contributed by atoms with Gasteiger partial charge < -0.3 is 19.7 Å². The molecule has 0 spiro atoms. The van der Waals surface area contributed by atoms with Gasteiger partial charge in [-0.1, -0.05) is 24.3 Å². The van der Waals surface area contributed by atoms with Crippen LogP contribution >= 0.6 is 0 Å². The van der Waals surface area contributed by atoms with E-state index in [9.17, 15) is 17.6 Å². The highest BCUT2D eigenvalue weighted by atomic mass is 32.2. The first-order valence-corrected chi connectivity index (χ1v) is 16.6. The Hall–Kier alpha value is -4.61. The number of carbonyl (C=O) groups is 1. The molecule has 1 heterocycles. The highest BCUT2D eigenvalue weighted by molar-refractivity contribution is 7.92. The van der Waals surface area contributed by atoms with Crippen molar-refractivity contribution in [2.45, 2.75) is 32.0 Å². The minimum absolute atomic E-state index is 0.0303. The monoisotopic (exact) mass is 632 g/mol. The molecule has 1 fully saturated rings. The first-order valence-electron chi connectivity index (χ1n) is 14.7. The number of nitrogens with zero attached hydrogens (tertiary/aromatic N) is 2. The molecule has 236 valence electrons. The number of halogens is 1. The Morgan fingerprint density at radius 1 is 0.867 bits per heavy atom. The van der Waals surface area contributed by atoms with Gasteiger partial charge in [-0.25, -0.2) is 17.6 Å². The fourth-order valence-electron chi connectivity index (χ4n) is 5.31. The quantitative estimate of drug-likeness (QED) is 0.191. The molecular formula is C34H37FN4O5S. The van der Waals surface area contributed by atoms with Gasteiger partial charge in [0.25, 0.3) is 0 Å². The molecule has 0 aliphatic carbocycles. The lowest BCUT2D eigenvalue weighted by molar-refractivity contribution is 0.120. The van der Waals surface area contributed by atoms with Crippen LogP contribution in [0.5, 0.6) is 17.2 Å². The number of urea groups is 1. The number of hydrogen-bond donors (Lipinski definition) is 2. The smallest absolute Gasteiger partial charge is 0.322 e. The molecule has 2 amide bonds. The number of methoxy groups -OCH3 is 1. The number of rotatable bonds is 11. The number of likely N-dealkylation sites (tertiary alicyclic amines) is 1. The Kier molecular flexibility index (Phi) is 10.2. The maximum Gasteiger partial charge on any atom is 0.322 e. The zero-order valence-electron chi connectivity index (χ0n) is 25.3. The zero-order valence-corrected chi connectivity index (χ0v) is 26.1. The molecule has 0 unspecified atom stereocenters. The molecule has 45 heavy (non-hydrogen) atoms. The first kappa shape index (κ1) is 31.8. The van der Waals surface area contributed by atoms with Crippen LogP contribution < -0.4 is 19.5 Å². The maximum absolute atomic E-state index is 13.5. The molecule has 1 aliphatic rings. The Balaban J connectivity index is 1.17. The van der Waals surface area contributed by atoms with Crippen LogP contribution in [0.3, 0.4) is 0 Å². The first-order chi connectivity index (χ1) is 21.6. The van der Waals surface area contributed by atoms with Crippen LogP contribution in [0.15, 0.2) is 97.1 Å². The predicted molar refractivity (Wildman–Crippen MR) is 174 cm³/mol. The summed E-state index contributed by atoms with van der Waals surface area (Å²) in [6, 6.07) is 27.9. The van der Waals surface area contributed by atoms with Gasteiger partial charge >= 0.3 is 6.03 Å². The Morgan fingerprint density at radius 3 is 2.11 bits per heavy atom. The van der Waals surface area contributed by atoms with E-state index < -0.39 is 10.0 Å². The highest BCUT2D eigenvalue weighted by Crippen LogP contribution is 2.26. The molecule has 2 N–H and O–H groups in total. The molecule has 0 bridgehead atoms. The number of nitrogens with one attached hydrogen (secondary N) is 2. The number of piperidine rings is 1. The summed E-state index contributed by atoms with van der Waals surface area (Å²) in [5.74, 6) is 1.66. The van der Waals surface area contributed by atoms with E-state index in [1.165, 1.54) is 12.1 Å². The molecule has 4 aromatic carbocycles. The lowest BCUT2D eigenvalue weighted by Crippen LogP contribution is -2.48. The SMILES string of the molecule is COc1cccc(CN(C(=O)Nc2ccc(F)cc2)C2CCN(Cc3ccc(Oc4ccc(NS(C)(=O)=O)cc4)cc3)CC2)c1. The summed E-state index contributed by atoms with van der Waals surface area (Å²) >= 11 is 0. The summed E-state index contributed by atoms with van der Waals surface area (Å²) in [5, 5.41) is 2.94. The van der Waals surface area contributed by atoms with Crippen molar-refractivity contribution in [3.63, 3.8) is 0 Å². The standard InChI is InChI=1S/C34H37FN4O5S/c1-43-33-5-3-4-26(22-33)24-39(34(40)36-28-10-8-27(35)9-11-28)30-18-20-38(21-19-30)23-25-6-14-31(15-7-25)44-32-16-12-29(13-17-32)37-45(2,41)42/h3-17,22,30,37H,18-21,23-24H2,1-2H3,(H,36,40). The van der Waals surface area contributed by atoms with E-state index in [-0.39, 0.29) is 17.9 Å². The molecule has 1 aliphatic heterocycles. The highest BCUT2D eigenvalue weighted by Gasteiger charge is 2.28. The van der Waals surface area contributed by atoms with Gasteiger partial charge in [0, 0.05) is 43.6 Å². The molecule has 1 saturated heterocycles. The molecule has 0 aromatic heterocycles. The van der Waals surface area contributed by atoms with Crippen molar-refractivity contribution in [1.82, 2.24) is 9.80 Å². The average molecular weight is 633 g/mol. The number of ether oxygens (including phenoxy) is 2. The molecule has 0 radical (unpaired) electrons. The molecule has 11 heteroatoms. The van der Waals surface area contributed by atoms with Crippen molar-refractivity contribution >= 4 is 27.4 Å². The number of anilines is 2.